The Morgan fingerprint density at radius 1 is 1.67 bits per heavy atom. The molecule has 0 amide bonds. The van der Waals surface area contributed by atoms with Crippen LogP contribution >= 0.6 is 24.2 Å². The lowest BCUT2D eigenvalue weighted by Crippen LogP contribution is -2.51. The van der Waals surface area contributed by atoms with E-state index in [1.54, 1.807) is 0 Å². The standard InChI is InChI=1S/C9H18ClNS/c1-7-4-5-11(3)8(12)9(7,2)6-10/h7-8,12H,4-6H2,1-3H3. The van der Waals surface area contributed by atoms with E-state index in [9.17, 15) is 0 Å². The summed E-state index contributed by atoms with van der Waals surface area (Å²) in [6, 6.07) is 0. The molecule has 3 heteroatoms. The zero-order valence-electron chi connectivity index (χ0n) is 8.05. The molecular formula is C9H18ClNS. The van der Waals surface area contributed by atoms with E-state index in [0.29, 0.717) is 17.2 Å². The Morgan fingerprint density at radius 2 is 2.25 bits per heavy atom. The summed E-state index contributed by atoms with van der Waals surface area (Å²) in [5.41, 5.74) is 0.164. The van der Waals surface area contributed by atoms with Crippen LogP contribution in [0.4, 0.5) is 0 Å². The average molecular weight is 208 g/mol. The van der Waals surface area contributed by atoms with Crippen LogP contribution < -0.4 is 0 Å². The Hall–Kier alpha value is 0.600. The maximum atomic E-state index is 6.00. The molecular weight excluding hydrogens is 190 g/mol. The van der Waals surface area contributed by atoms with Crippen molar-refractivity contribution in [3.05, 3.63) is 0 Å². The van der Waals surface area contributed by atoms with Gasteiger partial charge in [-0.2, -0.15) is 12.6 Å². The molecule has 0 spiro atoms. The van der Waals surface area contributed by atoms with Gasteiger partial charge in [0.1, 0.15) is 0 Å². The molecule has 1 aliphatic rings. The summed E-state index contributed by atoms with van der Waals surface area (Å²) in [6.45, 7) is 5.65. The zero-order chi connectivity index (χ0) is 9.35. The molecule has 72 valence electrons. The first-order valence-electron chi connectivity index (χ1n) is 4.46. The highest BCUT2D eigenvalue weighted by molar-refractivity contribution is 7.80. The van der Waals surface area contributed by atoms with Crippen molar-refractivity contribution in [3.63, 3.8) is 0 Å². The second-order valence-electron chi connectivity index (χ2n) is 4.18. The summed E-state index contributed by atoms with van der Waals surface area (Å²) in [5, 5.41) is 0.304. The van der Waals surface area contributed by atoms with Crippen LogP contribution in [-0.2, 0) is 0 Å². The molecule has 1 aliphatic heterocycles. The van der Waals surface area contributed by atoms with Crippen molar-refractivity contribution in [2.75, 3.05) is 19.5 Å². The largest absolute Gasteiger partial charge is 0.294 e. The van der Waals surface area contributed by atoms with Gasteiger partial charge >= 0.3 is 0 Å². The van der Waals surface area contributed by atoms with Crippen molar-refractivity contribution in [2.45, 2.75) is 25.6 Å². The molecule has 3 atom stereocenters. The SMILES string of the molecule is CC1CCN(C)C(S)C1(C)CCl. The Kier molecular flexibility index (Phi) is 3.35. The van der Waals surface area contributed by atoms with Crippen LogP contribution in [0.2, 0.25) is 0 Å². The summed E-state index contributed by atoms with van der Waals surface area (Å²) in [7, 11) is 2.12. The van der Waals surface area contributed by atoms with E-state index < -0.39 is 0 Å². The molecule has 1 nitrogen and oxygen atoms in total. The lowest BCUT2D eigenvalue weighted by molar-refractivity contribution is 0.0658. The van der Waals surface area contributed by atoms with Crippen molar-refractivity contribution < 1.29 is 0 Å². The van der Waals surface area contributed by atoms with Crippen molar-refractivity contribution in [1.82, 2.24) is 4.90 Å². The first-order chi connectivity index (χ1) is 5.52. The predicted molar refractivity (Wildman–Crippen MR) is 58.0 cm³/mol. The van der Waals surface area contributed by atoms with E-state index in [1.165, 1.54) is 6.42 Å². The van der Waals surface area contributed by atoms with Gasteiger partial charge in [-0.1, -0.05) is 13.8 Å². The summed E-state index contributed by atoms with van der Waals surface area (Å²) in [5.74, 6) is 1.38. The normalized spacial score (nSPS) is 44.8. The van der Waals surface area contributed by atoms with E-state index in [1.807, 2.05) is 0 Å². The predicted octanol–water partition coefficient (Wildman–Crippen LogP) is 2.46. The summed E-state index contributed by atoms with van der Waals surface area (Å²) in [6.07, 6.45) is 1.23. The summed E-state index contributed by atoms with van der Waals surface area (Å²) >= 11 is 10.6. The lowest BCUT2D eigenvalue weighted by atomic mass is 9.74. The van der Waals surface area contributed by atoms with Gasteiger partial charge in [0.25, 0.3) is 0 Å². The number of alkyl halides is 1. The molecule has 0 aromatic rings. The molecule has 12 heavy (non-hydrogen) atoms. The molecule has 0 aromatic carbocycles. The molecule has 0 aromatic heterocycles. The van der Waals surface area contributed by atoms with Crippen molar-refractivity contribution >= 4 is 24.2 Å². The number of piperidine rings is 1. The van der Waals surface area contributed by atoms with Crippen LogP contribution in [0.1, 0.15) is 20.3 Å². The maximum absolute atomic E-state index is 6.00. The second-order valence-corrected chi connectivity index (χ2v) is 4.94. The molecule has 0 aliphatic carbocycles. The number of hydrogen-bond donors (Lipinski definition) is 1. The van der Waals surface area contributed by atoms with E-state index in [4.69, 9.17) is 11.6 Å². The van der Waals surface area contributed by atoms with E-state index in [0.717, 1.165) is 6.54 Å². The summed E-state index contributed by atoms with van der Waals surface area (Å²) in [4.78, 5) is 2.28. The number of hydrogen-bond acceptors (Lipinski definition) is 2. The topological polar surface area (TPSA) is 3.24 Å². The van der Waals surface area contributed by atoms with Crippen LogP contribution in [0.3, 0.4) is 0 Å². The molecule has 0 radical (unpaired) electrons. The van der Waals surface area contributed by atoms with Crippen molar-refractivity contribution in [1.29, 1.82) is 0 Å². The van der Waals surface area contributed by atoms with Gasteiger partial charge in [-0.15, -0.1) is 11.6 Å². The van der Waals surface area contributed by atoms with Crippen LogP contribution in [-0.4, -0.2) is 29.7 Å². The van der Waals surface area contributed by atoms with Crippen molar-refractivity contribution in [2.24, 2.45) is 11.3 Å². The van der Waals surface area contributed by atoms with Gasteiger partial charge in [0, 0.05) is 11.3 Å². The molecule has 0 bridgehead atoms. The molecule has 1 fully saturated rings. The van der Waals surface area contributed by atoms with Gasteiger partial charge in [-0.25, -0.2) is 0 Å². The third-order valence-electron chi connectivity index (χ3n) is 3.34. The Morgan fingerprint density at radius 3 is 2.67 bits per heavy atom. The number of rotatable bonds is 1. The third-order valence-corrected chi connectivity index (χ3v) is 4.90. The molecule has 0 saturated carbocycles. The number of likely N-dealkylation sites (tertiary alicyclic amines) is 1. The monoisotopic (exact) mass is 207 g/mol. The first kappa shape index (κ1) is 10.7. The van der Waals surface area contributed by atoms with Crippen LogP contribution in [0.15, 0.2) is 0 Å². The minimum atomic E-state index is 0.164. The highest BCUT2D eigenvalue weighted by Gasteiger charge is 2.41. The fraction of sp³-hybridized carbons (Fsp3) is 1.00. The number of thiol groups is 1. The van der Waals surface area contributed by atoms with Crippen LogP contribution in [0, 0.1) is 11.3 Å². The van der Waals surface area contributed by atoms with E-state index in [-0.39, 0.29) is 5.41 Å². The number of nitrogens with zero attached hydrogens (tertiary/aromatic N) is 1. The average Bonchev–Trinajstić information content (AvgIpc) is 2.08. The molecule has 1 saturated heterocycles. The molecule has 0 N–H and O–H groups in total. The van der Waals surface area contributed by atoms with Gasteiger partial charge < -0.3 is 0 Å². The number of halogens is 1. The van der Waals surface area contributed by atoms with Gasteiger partial charge in [0.2, 0.25) is 0 Å². The fourth-order valence-corrected chi connectivity index (χ4v) is 2.79. The van der Waals surface area contributed by atoms with Gasteiger partial charge in [0.05, 0.1) is 5.37 Å². The minimum Gasteiger partial charge on any atom is -0.294 e. The Labute approximate surface area is 85.9 Å². The third kappa shape index (κ3) is 1.61. The quantitative estimate of drug-likeness (QED) is 0.511. The minimum absolute atomic E-state index is 0.164. The highest BCUT2D eigenvalue weighted by Crippen LogP contribution is 2.42. The Balaban J connectivity index is 2.78. The maximum Gasteiger partial charge on any atom is 0.0593 e. The molecule has 3 unspecified atom stereocenters. The zero-order valence-corrected chi connectivity index (χ0v) is 9.70. The van der Waals surface area contributed by atoms with Crippen LogP contribution in [0.25, 0.3) is 0 Å². The van der Waals surface area contributed by atoms with Gasteiger partial charge in [0.15, 0.2) is 0 Å². The van der Waals surface area contributed by atoms with Gasteiger partial charge in [-0.3, -0.25) is 4.90 Å². The summed E-state index contributed by atoms with van der Waals surface area (Å²) < 4.78 is 0. The fourth-order valence-electron chi connectivity index (χ4n) is 1.81. The molecule has 1 rings (SSSR count). The lowest BCUT2D eigenvalue weighted by Gasteiger charge is -2.47. The van der Waals surface area contributed by atoms with Crippen LogP contribution in [0.5, 0.6) is 0 Å². The smallest absolute Gasteiger partial charge is 0.0593 e. The second kappa shape index (κ2) is 3.77. The van der Waals surface area contributed by atoms with Crippen molar-refractivity contribution in [3.8, 4) is 0 Å². The highest BCUT2D eigenvalue weighted by atomic mass is 35.5. The Bertz CT molecular complexity index is 165. The molecule has 1 heterocycles. The van der Waals surface area contributed by atoms with Gasteiger partial charge in [-0.05, 0) is 25.9 Å². The van der Waals surface area contributed by atoms with E-state index >= 15 is 0 Å². The van der Waals surface area contributed by atoms with E-state index in [2.05, 4.69) is 38.4 Å². The first-order valence-corrected chi connectivity index (χ1v) is 5.51.